The number of hydrogen-bond donors (Lipinski definition) is 2. The van der Waals surface area contributed by atoms with Crippen molar-refractivity contribution >= 4 is 35.8 Å². The first-order chi connectivity index (χ1) is 9.00. The second kappa shape index (κ2) is 7.47. The lowest BCUT2D eigenvalue weighted by atomic mass is 9.93. The second-order valence-corrected chi connectivity index (χ2v) is 6.35. The van der Waals surface area contributed by atoms with Gasteiger partial charge < -0.3 is 15.5 Å². The van der Waals surface area contributed by atoms with Gasteiger partial charge in [-0.05, 0) is 31.6 Å². The molecular formula is C14H27IN4O. The topological polar surface area (TPSA) is 56.7 Å². The lowest BCUT2D eigenvalue weighted by Crippen LogP contribution is -2.41. The summed E-state index contributed by atoms with van der Waals surface area (Å²) in [5, 5.41) is 6.25. The van der Waals surface area contributed by atoms with Gasteiger partial charge in [0.2, 0.25) is 5.91 Å². The number of likely N-dealkylation sites (tertiary alicyclic amines) is 1. The van der Waals surface area contributed by atoms with Gasteiger partial charge in [0.1, 0.15) is 6.54 Å². The molecule has 0 aromatic rings. The molecule has 1 heterocycles. The van der Waals surface area contributed by atoms with E-state index in [0.29, 0.717) is 11.5 Å². The van der Waals surface area contributed by atoms with Crippen molar-refractivity contribution in [2.45, 2.75) is 46.1 Å². The third kappa shape index (κ3) is 5.46. The van der Waals surface area contributed by atoms with Crippen LogP contribution in [0.2, 0.25) is 0 Å². The maximum Gasteiger partial charge on any atom is 0.242 e. The molecule has 0 spiro atoms. The van der Waals surface area contributed by atoms with Crippen LogP contribution in [-0.2, 0) is 4.79 Å². The van der Waals surface area contributed by atoms with Gasteiger partial charge in [0.05, 0.1) is 0 Å². The van der Waals surface area contributed by atoms with Crippen LogP contribution in [-0.4, -0.2) is 49.0 Å². The fourth-order valence-corrected chi connectivity index (χ4v) is 2.37. The minimum atomic E-state index is 0. The summed E-state index contributed by atoms with van der Waals surface area (Å²) in [4.78, 5) is 18.4. The monoisotopic (exact) mass is 394 g/mol. The third-order valence-electron chi connectivity index (χ3n) is 3.63. The van der Waals surface area contributed by atoms with Gasteiger partial charge in [-0.15, -0.1) is 24.0 Å². The summed E-state index contributed by atoms with van der Waals surface area (Å²) < 4.78 is 0. The number of hydrogen-bond acceptors (Lipinski definition) is 2. The van der Waals surface area contributed by atoms with E-state index in [1.54, 1.807) is 0 Å². The molecule has 1 saturated carbocycles. The van der Waals surface area contributed by atoms with Crippen LogP contribution in [0.15, 0.2) is 4.99 Å². The first-order valence-corrected chi connectivity index (χ1v) is 7.33. The average molecular weight is 394 g/mol. The van der Waals surface area contributed by atoms with Crippen molar-refractivity contribution in [1.82, 2.24) is 15.5 Å². The Balaban J connectivity index is 0.00000200. The van der Waals surface area contributed by atoms with E-state index in [1.807, 2.05) is 0 Å². The van der Waals surface area contributed by atoms with Crippen LogP contribution in [0.1, 0.15) is 40.0 Å². The van der Waals surface area contributed by atoms with Crippen molar-refractivity contribution in [1.29, 1.82) is 0 Å². The highest BCUT2D eigenvalue weighted by Crippen LogP contribution is 2.28. The molecule has 0 radical (unpaired) electrons. The molecule has 0 bridgehead atoms. The maximum absolute atomic E-state index is 11.7. The fraction of sp³-hybridized carbons (Fsp3) is 0.857. The molecule has 0 unspecified atom stereocenters. The number of amides is 1. The summed E-state index contributed by atoms with van der Waals surface area (Å²) in [7, 11) is 0. The van der Waals surface area contributed by atoms with Gasteiger partial charge in [-0.1, -0.05) is 13.8 Å². The highest BCUT2D eigenvalue weighted by Gasteiger charge is 2.31. The summed E-state index contributed by atoms with van der Waals surface area (Å²) in [5.41, 5.74) is 0.340. The molecule has 5 nitrogen and oxygen atoms in total. The molecule has 0 aromatic heterocycles. The normalized spacial score (nSPS) is 21.4. The van der Waals surface area contributed by atoms with Gasteiger partial charge >= 0.3 is 0 Å². The molecule has 2 rings (SSSR count). The molecule has 1 saturated heterocycles. The van der Waals surface area contributed by atoms with E-state index in [1.165, 1.54) is 6.42 Å². The Morgan fingerprint density at radius 1 is 1.40 bits per heavy atom. The van der Waals surface area contributed by atoms with Crippen LogP contribution in [0.3, 0.4) is 0 Å². The number of carbonyl (C=O) groups excluding carboxylic acids is 1. The molecule has 20 heavy (non-hydrogen) atoms. The van der Waals surface area contributed by atoms with Gasteiger partial charge in [0, 0.05) is 25.7 Å². The molecule has 1 aliphatic carbocycles. The Kier molecular flexibility index (Phi) is 6.54. The van der Waals surface area contributed by atoms with E-state index in [-0.39, 0.29) is 36.4 Å². The van der Waals surface area contributed by atoms with Crippen LogP contribution >= 0.6 is 24.0 Å². The lowest BCUT2D eigenvalue weighted by molar-refractivity contribution is -0.119. The molecular weight excluding hydrogens is 367 g/mol. The van der Waals surface area contributed by atoms with E-state index in [9.17, 15) is 4.79 Å². The Hall–Kier alpha value is -0.530. The summed E-state index contributed by atoms with van der Waals surface area (Å²) >= 11 is 0. The first-order valence-electron chi connectivity index (χ1n) is 7.33. The predicted molar refractivity (Wildman–Crippen MR) is 92.5 cm³/mol. The molecule has 116 valence electrons. The standard InChI is InChI=1S/C14H26N4O.HI/c1-4-15-13(18-8-7-14(2,3)10-18)16-9-12(19)17-11-5-6-11;/h11H,4-10H2,1-3H3,(H,15,16)(H,17,19);1H. The minimum Gasteiger partial charge on any atom is -0.357 e. The summed E-state index contributed by atoms with van der Waals surface area (Å²) in [6.45, 7) is 9.69. The Bertz CT molecular complexity index is 366. The SMILES string of the molecule is CCNC(=NCC(=O)NC1CC1)N1CCC(C)(C)C1.I. The Morgan fingerprint density at radius 3 is 2.60 bits per heavy atom. The van der Waals surface area contributed by atoms with E-state index in [0.717, 1.165) is 38.4 Å². The van der Waals surface area contributed by atoms with Gasteiger partial charge in [-0.3, -0.25) is 4.79 Å². The zero-order chi connectivity index (χ0) is 13.9. The number of aliphatic imine (C=N–C) groups is 1. The second-order valence-electron chi connectivity index (χ2n) is 6.35. The van der Waals surface area contributed by atoms with Crippen molar-refractivity contribution in [2.24, 2.45) is 10.4 Å². The molecule has 2 aliphatic rings. The molecule has 1 aliphatic heterocycles. The van der Waals surface area contributed by atoms with Crippen LogP contribution in [0.25, 0.3) is 0 Å². The van der Waals surface area contributed by atoms with Gasteiger partial charge in [-0.25, -0.2) is 4.99 Å². The van der Waals surface area contributed by atoms with Gasteiger partial charge in [-0.2, -0.15) is 0 Å². The fourth-order valence-electron chi connectivity index (χ4n) is 2.37. The van der Waals surface area contributed by atoms with Crippen molar-refractivity contribution in [3.05, 3.63) is 0 Å². The van der Waals surface area contributed by atoms with E-state index >= 15 is 0 Å². The van der Waals surface area contributed by atoms with Crippen molar-refractivity contribution in [3.63, 3.8) is 0 Å². The first kappa shape index (κ1) is 17.5. The molecule has 6 heteroatoms. The summed E-state index contributed by atoms with van der Waals surface area (Å²) in [6.07, 6.45) is 3.41. The summed E-state index contributed by atoms with van der Waals surface area (Å²) in [6, 6.07) is 0.413. The molecule has 2 N–H and O–H groups in total. The Morgan fingerprint density at radius 2 is 2.10 bits per heavy atom. The zero-order valence-electron chi connectivity index (χ0n) is 12.7. The third-order valence-corrected chi connectivity index (χ3v) is 3.63. The number of guanidine groups is 1. The van der Waals surface area contributed by atoms with Gasteiger partial charge in [0.15, 0.2) is 5.96 Å². The number of rotatable bonds is 4. The largest absolute Gasteiger partial charge is 0.357 e. The van der Waals surface area contributed by atoms with Crippen molar-refractivity contribution < 1.29 is 4.79 Å². The highest BCUT2D eigenvalue weighted by molar-refractivity contribution is 14.0. The highest BCUT2D eigenvalue weighted by atomic mass is 127. The molecule has 0 atom stereocenters. The number of halogens is 1. The van der Waals surface area contributed by atoms with Crippen LogP contribution in [0.4, 0.5) is 0 Å². The Labute approximate surface area is 139 Å². The van der Waals surface area contributed by atoms with E-state index in [4.69, 9.17) is 0 Å². The van der Waals surface area contributed by atoms with Crippen LogP contribution in [0, 0.1) is 5.41 Å². The molecule has 1 amide bonds. The zero-order valence-corrected chi connectivity index (χ0v) is 15.1. The van der Waals surface area contributed by atoms with Crippen LogP contribution in [0.5, 0.6) is 0 Å². The molecule has 2 fully saturated rings. The van der Waals surface area contributed by atoms with E-state index in [2.05, 4.69) is 41.3 Å². The lowest BCUT2D eigenvalue weighted by Gasteiger charge is -2.23. The van der Waals surface area contributed by atoms with Crippen LogP contribution < -0.4 is 10.6 Å². The number of nitrogens with one attached hydrogen (secondary N) is 2. The minimum absolute atomic E-state index is 0. The number of nitrogens with zero attached hydrogens (tertiary/aromatic N) is 2. The van der Waals surface area contributed by atoms with Crippen molar-refractivity contribution in [2.75, 3.05) is 26.2 Å². The van der Waals surface area contributed by atoms with Crippen molar-refractivity contribution in [3.8, 4) is 0 Å². The molecule has 0 aromatic carbocycles. The van der Waals surface area contributed by atoms with E-state index < -0.39 is 0 Å². The summed E-state index contributed by atoms with van der Waals surface area (Å²) in [5.74, 6) is 0.912. The number of carbonyl (C=O) groups is 1. The quantitative estimate of drug-likeness (QED) is 0.433. The predicted octanol–water partition coefficient (Wildman–Crippen LogP) is 1.58. The smallest absolute Gasteiger partial charge is 0.242 e. The van der Waals surface area contributed by atoms with Gasteiger partial charge in [0.25, 0.3) is 0 Å². The average Bonchev–Trinajstić information content (AvgIpc) is 3.07. The maximum atomic E-state index is 11.7.